The number of carbonyl (C=O) groups is 4. The quantitative estimate of drug-likeness (QED) is 0.127. The lowest BCUT2D eigenvalue weighted by Crippen LogP contribution is -2.63. The number of nitrogens with one attached hydrogen (secondary N) is 4. The molecule has 0 aliphatic rings. The predicted molar refractivity (Wildman–Crippen MR) is 187 cm³/mol. The fourth-order valence-electron chi connectivity index (χ4n) is 5.22. The summed E-state index contributed by atoms with van der Waals surface area (Å²) in [5, 5.41) is 23.4. The molecule has 5 atom stereocenters. The standard InChI is InChI=1S/C38H50N4O7/c1-6-48-37(46)32(26(4)5)41-36(45)33(39-23-28-18-12-8-13-19-28)34(43)30(22-27-16-10-7-11-17-27)40-35(44)31(25(2)3)42-38(47)49-24-29-20-14-9-15-21-29/h7-21,25-26,30-34,39,43H,6,22-24H2,1-5H3,(H,40,44)(H,41,45)(H,42,47)/t30?,31?,32-,33?,34?/m1/s1. The van der Waals surface area contributed by atoms with Crippen molar-refractivity contribution in [2.24, 2.45) is 11.8 Å². The third-order valence-corrected chi connectivity index (χ3v) is 7.97. The molecule has 0 aromatic heterocycles. The first-order valence-corrected chi connectivity index (χ1v) is 16.7. The van der Waals surface area contributed by atoms with E-state index in [1.807, 2.05) is 91.0 Å². The number of hydrogen-bond acceptors (Lipinski definition) is 8. The van der Waals surface area contributed by atoms with Gasteiger partial charge in [-0.2, -0.15) is 0 Å². The van der Waals surface area contributed by atoms with E-state index in [1.54, 1.807) is 34.6 Å². The van der Waals surface area contributed by atoms with E-state index in [4.69, 9.17) is 9.47 Å². The number of aliphatic hydroxyl groups is 1. The van der Waals surface area contributed by atoms with Gasteiger partial charge < -0.3 is 30.5 Å². The molecule has 0 saturated carbocycles. The molecule has 264 valence electrons. The van der Waals surface area contributed by atoms with Gasteiger partial charge in [0.15, 0.2) is 0 Å². The zero-order chi connectivity index (χ0) is 35.8. The van der Waals surface area contributed by atoms with Crippen molar-refractivity contribution in [3.05, 3.63) is 108 Å². The number of esters is 1. The van der Waals surface area contributed by atoms with Gasteiger partial charge in [-0.1, -0.05) is 119 Å². The molecular formula is C38H50N4O7. The van der Waals surface area contributed by atoms with E-state index in [2.05, 4.69) is 21.3 Å². The van der Waals surface area contributed by atoms with E-state index < -0.39 is 54.1 Å². The third kappa shape index (κ3) is 12.7. The average molecular weight is 675 g/mol. The largest absolute Gasteiger partial charge is 0.464 e. The van der Waals surface area contributed by atoms with Crippen LogP contribution in [0.15, 0.2) is 91.0 Å². The molecule has 3 amide bonds. The van der Waals surface area contributed by atoms with Crippen LogP contribution in [0.2, 0.25) is 0 Å². The number of amides is 3. The van der Waals surface area contributed by atoms with Gasteiger partial charge in [-0.05, 0) is 41.9 Å². The van der Waals surface area contributed by atoms with Gasteiger partial charge >= 0.3 is 12.1 Å². The van der Waals surface area contributed by atoms with E-state index in [0.29, 0.717) is 0 Å². The minimum absolute atomic E-state index is 0.0293. The van der Waals surface area contributed by atoms with Gasteiger partial charge in [0.2, 0.25) is 11.8 Å². The normalized spacial score (nSPS) is 14.2. The van der Waals surface area contributed by atoms with Crippen LogP contribution in [0.4, 0.5) is 4.79 Å². The highest BCUT2D eigenvalue weighted by Crippen LogP contribution is 2.14. The predicted octanol–water partition coefficient (Wildman–Crippen LogP) is 3.89. The Morgan fingerprint density at radius 3 is 1.67 bits per heavy atom. The Kier molecular flexibility index (Phi) is 15.7. The van der Waals surface area contributed by atoms with Gasteiger partial charge in [-0.3, -0.25) is 14.9 Å². The van der Waals surface area contributed by atoms with Gasteiger partial charge in [0, 0.05) is 6.54 Å². The number of carbonyl (C=O) groups excluding carboxylic acids is 4. The van der Waals surface area contributed by atoms with Crippen molar-refractivity contribution in [2.75, 3.05) is 6.61 Å². The summed E-state index contributed by atoms with van der Waals surface area (Å²) in [4.78, 5) is 53.3. The summed E-state index contributed by atoms with van der Waals surface area (Å²) in [6.07, 6.45) is -2.07. The van der Waals surface area contributed by atoms with Gasteiger partial charge in [0.1, 0.15) is 24.7 Å². The van der Waals surface area contributed by atoms with Crippen molar-refractivity contribution in [3.8, 4) is 0 Å². The highest BCUT2D eigenvalue weighted by atomic mass is 16.5. The molecular weight excluding hydrogens is 624 g/mol. The van der Waals surface area contributed by atoms with Crippen molar-refractivity contribution in [1.82, 2.24) is 21.3 Å². The van der Waals surface area contributed by atoms with Crippen molar-refractivity contribution >= 4 is 23.9 Å². The monoisotopic (exact) mass is 674 g/mol. The maximum atomic E-state index is 13.9. The first-order chi connectivity index (χ1) is 23.5. The topological polar surface area (TPSA) is 155 Å². The van der Waals surface area contributed by atoms with Gasteiger partial charge in [-0.25, -0.2) is 9.59 Å². The second kappa shape index (κ2) is 19.9. The second-order valence-corrected chi connectivity index (χ2v) is 12.5. The van der Waals surface area contributed by atoms with E-state index in [9.17, 15) is 24.3 Å². The molecule has 0 fully saturated rings. The highest BCUT2D eigenvalue weighted by Gasteiger charge is 2.38. The summed E-state index contributed by atoms with van der Waals surface area (Å²) in [6.45, 7) is 9.21. The van der Waals surface area contributed by atoms with Crippen LogP contribution < -0.4 is 21.3 Å². The lowest BCUT2D eigenvalue weighted by molar-refractivity contribution is -0.149. The van der Waals surface area contributed by atoms with Crippen LogP contribution in [0.25, 0.3) is 0 Å². The molecule has 3 rings (SSSR count). The smallest absolute Gasteiger partial charge is 0.408 e. The molecule has 0 radical (unpaired) electrons. The van der Waals surface area contributed by atoms with E-state index in [1.165, 1.54) is 0 Å². The molecule has 0 aliphatic heterocycles. The van der Waals surface area contributed by atoms with Crippen molar-refractivity contribution < 1.29 is 33.8 Å². The second-order valence-electron chi connectivity index (χ2n) is 12.5. The van der Waals surface area contributed by atoms with E-state index in [-0.39, 0.29) is 38.0 Å². The number of ether oxygens (including phenoxy) is 2. The Morgan fingerprint density at radius 1 is 0.633 bits per heavy atom. The average Bonchev–Trinajstić information content (AvgIpc) is 3.09. The van der Waals surface area contributed by atoms with Crippen molar-refractivity contribution in [2.45, 2.75) is 84.5 Å². The first-order valence-electron chi connectivity index (χ1n) is 16.7. The molecule has 0 spiro atoms. The zero-order valence-corrected chi connectivity index (χ0v) is 28.9. The van der Waals surface area contributed by atoms with E-state index >= 15 is 0 Å². The Morgan fingerprint density at radius 2 is 1.14 bits per heavy atom. The third-order valence-electron chi connectivity index (χ3n) is 7.97. The van der Waals surface area contributed by atoms with Gasteiger partial charge in [0.25, 0.3) is 0 Å². The number of benzene rings is 3. The molecule has 0 saturated heterocycles. The number of rotatable bonds is 18. The first kappa shape index (κ1) is 38.7. The van der Waals surface area contributed by atoms with Gasteiger partial charge in [0.05, 0.1) is 18.8 Å². The molecule has 0 heterocycles. The van der Waals surface area contributed by atoms with Crippen LogP contribution in [0, 0.1) is 11.8 Å². The van der Waals surface area contributed by atoms with Crippen LogP contribution in [-0.4, -0.2) is 65.9 Å². The number of aliphatic hydroxyl groups excluding tert-OH is 1. The number of hydrogen-bond donors (Lipinski definition) is 5. The maximum absolute atomic E-state index is 13.9. The lowest BCUT2D eigenvalue weighted by atomic mass is 9.93. The van der Waals surface area contributed by atoms with Gasteiger partial charge in [-0.15, -0.1) is 0 Å². The molecule has 0 bridgehead atoms. The SMILES string of the molecule is CCOC(=O)[C@H](NC(=O)C(NCc1ccccc1)C(O)C(Cc1ccccc1)NC(=O)C(NC(=O)OCc1ccccc1)C(C)C)C(C)C. The summed E-state index contributed by atoms with van der Waals surface area (Å²) in [6, 6.07) is 23.6. The van der Waals surface area contributed by atoms with Crippen LogP contribution in [-0.2, 0) is 43.4 Å². The molecule has 0 aliphatic carbocycles. The Bertz CT molecular complexity index is 1450. The minimum Gasteiger partial charge on any atom is -0.464 e. The van der Waals surface area contributed by atoms with E-state index in [0.717, 1.165) is 16.7 Å². The molecule has 5 N–H and O–H groups in total. The summed E-state index contributed by atoms with van der Waals surface area (Å²) in [7, 11) is 0. The fraction of sp³-hybridized carbons (Fsp3) is 0.421. The molecule has 3 aromatic rings. The summed E-state index contributed by atoms with van der Waals surface area (Å²) >= 11 is 0. The summed E-state index contributed by atoms with van der Waals surface area (Å²) in [5.41, 5.74) is 2.46. The van der Waals surface area contributed by atoms with Crippen LogP contribution in [0.3, 0.4) is 0 Å². The highest BCUT2D eigenvalue weighted by molar-refractivity contribution is 5.89. The molecule has 11 heteroatoms. The maximum Gasteiger partial charge on any atom is 0.408 e. The molecule has 11 nitrogen and oxygen atoms in total. The zero-order valence-electron chi connectivity index (χ0n) is 28.9. The summed E-state index contributed by atoms with van der Waals surface area (Å²) in [5.74, 6) is -2.41. The fourth-order valence-corrected chi connectivity index (χ4v) is 5.22. The Hall–Kier alpha value is -4.74. The number of alkyl carbamates (subject to hydrolysis) is 1. The molecule has 49 heavy (non-hydrogen) atoms. The molecule has 3 aromatic carbocycles. The van der Waals surface area contributed by atoms with Crippen molar-refractivity contribution in [3.63, 3.8) is 0 Å². The van der Waals surface area contributed by atoms with Crippen LogP contribution >= 0.6 is 0 Å². The Labute approximate surface area is 289 Å². The summed E-state index contributed by atoms with van der Waals surface area (Å²) < 4.78 is 10.6. The van der Waals surface area contributed by atoms with Crippen LogP contribution in [0.1, 0.15) is 51.3 Å². The van der Waals surface area contributed by atoms with Crippen molar-refractivity contribution in [1.29, 1.82) is 0 Å². The van der Waals surface area contributed by atoms with Crippen LogP contribution in [0.5, 0.6) is 0 Å². The minimum atomic E-state index is -1.47. The Balaban J connectivity index is 1.88. The lowest BCUT2D eigenvalue weighted by Gasteiger charge is -2.33. The molecule has 4 unspecified atom stereocenters.